The van der Waals surface area contributed by atoms with E-state index in [0.717, 1.165) is 12.3 Å². The number of unbranched alkanes of at least 4 members (excludes halogenated alkanes) is 4. The zero-order valence-electron chi connectivity index (χ0n) is 14.0. The fourth-order valence-electron chi connectivity index (χ4n) is 2.05. The highest BCUT2D eigenvalue weighted by atomic mass is 16.4. The fourth-order valence-corrected chi connectivity index (χ4v) is 2.05. The molecule has 0 aromatic heterocycles. The van der Waals surface area contributed by atoms with E-state index in [-0.39, 0.29) is 11.1 Å². The Bertz CT molecular complexity index is 435. The van der Waals surface area contributed by atoms with Gasteiger partial charge in [0.1, 0.15) is 0 Å². The Balaban J connectivity index is 0.000000423. The van der Waals surface area contributed by atoms with Crippen LogP contribution in [0.4, 0.5) is 0 Å². The first-order valence-electron chi connectivity index (χ1n) is 8.06. The molecule has 130 valence electrons. The van der Waals surface area contributed by atoms with Crippen LogP contribution in [0.5, 0.6) is 0 Å². The maximum absolute atomic E-state index is 10.5. The zero-order chi connectivity index (χ0) is 17.7. The molecule has 0 aliphatic rings. The van der Waals surface area contributed by atoms with Crippen LogP contribution < -0.4 is 0 Å². The van der Waals surface area contributed by atoms with E-state index in [1.54, 1.807) is 0 Å². The van der Waals surface area contributed by atoms with Crippen LogP contribution in [0.15, 0.2) is 24.3 Å². The van der Waals surface area contributed by atoms with Crippen LogP contribution >= 0.6 is 0 Å². The van der Waals surface area contributed by atoms with E-state index in [1.807, 2.05) is 0 Å². The number of aliphatic hydroxyl groups is 1. The molecule has 0 bridgehead atoms. The number of rotatable bonds is 9. The summed E-state index contributed by atoms with van der Waals surface area (Å²) in [6.07, 6.45) is 7.56. The Morgan fingerprint density at radius 1 is 0.870 bits per heavy atom. The number of hydrogen-bond donors (Lipinski definition) is 3. The zero-order valence-corrected chi connectivity index (χ0v) is 14.0. The fraction of sp³-hybridized carbons (Fsp3) is 0.556. The van der Waals surface area contributed by atoms with Gasteiger partial charge in [0.15, 0.2) is 0 Å². The van der Waals surface area contributed by atoms with Crippen molar-refractivity contribution in [3.8, 4) is 0 Å². The summed E-state index contributed by atoms with van der Waals surface area (Å²) >= 11 is 0. The second-order valence-electron chi connectivity index (χ2n) is 5.83. The van der Waals surface area contributed by atoms with Crippen LogP contribution in [-0.2, 0) is 0 Å². The van der Waals surface area contributed by atoms with Crippen LogP contribution in [0.2, 0.25) is 0 Å². The maximum atomic E-state index is 10.5. The molecule has 0 saturated heterocycles. The molecule has 1 rings (SSSR count). The van der Waals surface area contributed by atoms with Gasteiger partial charge in [0.25, 0.3) is 0 Å². The van der Waals surface area contributed by atoms with E-state index in [2.05, 4.69) is 13.8 Å². The first kappa shape index (κ1) is 21.1. The standard InChI is InChI=1S/C10H22O.C8H6O4/c1-10(2)8-6-4-3-5-7-9-11;9-7(10)5-3-1-2-4-6(5)8(11)12/h10-11H,3-9H2,1-2H3;1-4H,(H,9,10)(H,11,12). The van der Waals surface area contributed by atoms with Crippen molar-refractivity contribution >= 4 is 11.9 Å². The number of carboxylic acid groups (broad SMARTS) is 2. The van der Waals surface area contributed by atoms with Gasteiger partial charge >= 0.3 is 11.9 Å². The molecule has 1 aromatic rings. The predicted molar refractivity (Wildman–Crippen MR) is 90.0 cm³/mol. The Morgan fingerprint density at radius 2 is 1.30 bits per heavy atom. The average molecular weight is 324 g/mol. The molecule has 3 N–H and O–H groups in total. The third kappa shape index (κ3) is 10.5. The molecular formula is C18H28O5. The number of carboxylic acids is 2. The van der Waals surface area contributed by atoms with Gasteiger partial charge in [-0.1, -0.05) is 58.1 Å². The van der Waals surface area contributed by atoms with E-state index < -0.39 is 11.9 Å². The molecule has 0 aliphatic carbocycles. The second kappa shape index (κ2) is 12.6. The van der Waals surface area contributed by atoms with Gasteiger partial charge in [-0.25, -0.2) is 9.59 Å². The minimum absolute atomic E-state index is 0.190. The number of aliphatic hydroxyl groups excluding tert-OH is 1. The highest BCUT2D eigenvalue weighted by molar-refractivity contribution is 6.01. The number of benzene rings is 1. The first-order valence-corrected chi connectivity index (χ1v) is 8.06. The number of carbonyl (C=O) groups is 2. The summed E-state index contributed by atoms with van der Waals surface area (Å²) in [6, 6.07) is 5.48. The summed E-state index contributed by atoms with van der Waals surface area (Å²) in [5, 5.41) is 25.6. The predicted octanol–water partition coefficient (Wildman–Crippen LogP) is 4.06. The summed E-state index contributed by atoms with van der Waals surface area (Å²) in [5.74, 6) is -1.60. The van der Waals surface area contributed by atoms with Gasteiger partial charge in [-0.05, 0) is 24.5 Å². The van der Waals surface area contributed by atoms with Crippen molar-refractivity contribution in [2.45, 2.75) is 52.4 Å². The molecule has 0 spiro atoms. The van der Waals surface area contributed by atoms with Crippen molar-refractivity contribution in [3.05, 3.63) is 35.4 Å². The smallest absolute Gasteiger partial charge is 0.336 e. The minimum Gasteiger partial charge on any atom is -0.478 e. The van der Waals surface area contributed by atoms with Crippen molar-refractivity contribution in [1.29, 1.82) is 0 Å². The molecule has 0 atom stereocenters. The van der Waals surface area contributed by atoms with Crippen molar-refractivity contribution in [2.75, 3.05) is 6.61 Å². The molecule has 0 unspecified atom stereocenters. The molecule has 0 heterocycles. The van der Waals surface area contributed by atoms with Gasteiger partial charge in [-0.2, -0.15) is 0 Å². The summed E-state index contributed by atoms with van der Waals surface area (Å²) < 4.78 is 0. The summed E-state index contributed by atoms with van der Waals surface area (Å²) in [6.45, 7) is 4.91. The highest BCUT2D eigenvalue weighted by Crippen LogP contribution is 2.10. The third-order valence-corrected chi connectivity index (χ3v) is 3.33. The number of hydrogen-bond acceptors (Lipinski definition) is 3. The van der Waals surface area contributed by atoms with Crippen molar-refractivity contribution in [2.24, 2.45) is 5.92 Å². The average Bonchev–Trinajstić information content (AvgIpc) is 2.51. The van der Waals surface area contributed by atoms with E-state index in [0.29, 0.717) is 6.61 Å². The normalized spacial score (nSPS) is 10.1. The number of aromatic carboxylic acids is 2. The monoisotopic (exact) mass is 324 g/mol. The van der Waals surface area contributed by atoms with Crippen LogP contribution in [0.3, 0.4) is 0 Å². The van der Waals surface area contributed by atoms with E-state index >= 15 is 0 Å². The Morgan fingerprint density at radius 3 is 1.70 bits per heavy atom. The lowest BCUT2D eigenvalue weighted by Gasteiger charge is -2.03. The van der Waals surface area contributed by atoms with Gasteiger partial charge in [0, 0.05) is 6.61 Å². The molecule has 0 fully saturated rings. The largest absolute Gasteiger partial charge is 0.478 e. The van der Waals surface area contributed by atoms with Crippen molar-refractivity contribution < 1.29 is 24.9 Å². The topological polar surface area (TPSA) is 94.8 Å². The van der Waals surface area contributed by atoms with Crippen LogP contribution in [0.1, 0.15) is 73.1 Å². The molecule has 0 amide bonds. The quantitative estimate of drug-likeness (QED) is 0.595. The molecule has 0 aliphatic heterocycles. The summed E-state index contributed by atoms with van der Waals surface area (Å²) in [7, 11) is 0. The Labute approximate surface area is 138 Å². The Kier molecular flexibility index (Phi) is 11.6. The molecule has 0 saturated carbocycles. The molecule has 23 heavy (non-hydrogen) atoms. The van der Waals surface area contributed by atoms with Crippen molar-refractivity contribution in [3.63, 3.8) is 0 Å². The summed E-state index contributed by atoms with van der Waals surface area (Å²) in [5.41, 5.74) is -0.380. The van der Waals surface area contributed by atoms with Gasteiger partial charge in [-0.15, -0.1) is 0 Å². The SMILES string of the molecule is CC(C)CCCCCCCO.O=C(O)c1ccccc1C(=O)O. The minimum atomic E-state index is -1.23. The van der Waals surface area contributed by atoms with Crippen molar-refractivity contribution in [1.82, 2.24) is 0 Å². The first-order chi connectivity index (χ1) is 10.9. The van der Waals surface area contributed by atoms with Gasteiger partial charge in [0.2, 0.25) is 0 Å². The lowest BCUT2D eigenvalue weighted by Crippen LogP contribution is -2.06. The molecular weight excluding hydrogens is 296 g/mol. The van der Waals surface area contributed by atoms with E-state index in [4.69, 9.17) is 15.3 Å². The third-order valence-electron chi connectivity index (χ3n) is 3.33. The molecule has 5 heteroatoms. The summed E-state index contributed by atoms with van der Waals surface area (Å²) in [4.78, 5) is 20.9. The maximum Gasteiger partial charge on any atom is 0.336 e. The van der Waals surface area contributed by atoms with Gasteiger partial charge in [0.05, 0.1) is 11.1 Å². The molecule has 0 radical (unpaired) electrons. The highest BCUT2D eigenvalue weighted by Gasteiger charge is 2.13. The van der Waals surface area contributed by atoms with Gasteiger partial charge in [-0.3, -0.25) is 0 Å². The lowest BCUT2D eigenvalue weighted by molar-refractivity contribution is 0.0651. The molecule has 1 aromatic carbocycles. The van der Waals surface area contributed by atoms with Crippen LogP contribution in [0.25, 0.3) is 0 Å². The van der Waals surface area contributed by atoms with E-state index in [1.165, 1.54) is 56.4 Å². The molecule has 5 nitrogen and oxygen atoms in total. The van der Waals surface area contributed by atoms with Gasteiger partial charge < -0.3 is 15.3 Å². The second-order valence-corrected chi connectivity index (χ2v) is 5.83. The van der Waals surface area contributed by atoms with E-state index in [9.17, 15) is 9.59 Å². The van der Waals surface area contributed by atoms with Crippen LogP contribution in [0, 0.1) is 5.92 Å². The lowest BCUT2D eigenvalue weighted by atomic mass is 10.0. The Hall–Kier alpha value is -1.88. The van der Waals surface area contributed by atoms with Crippen LogP contribution in [-0.4, -0.2) is 33.9 Å².